The normalized spacial score (nSPS) is 11.6. The minimum atomic E-state index is -0.464. The van der Waals surface area contributed by atoms with E-state index in [9.17, 15) is 9.18 Å². The number of urea groups is 1. The van der Waals surface area contributed by atoms with Crippen LogP contribution in [0, 0.1) is 5.82 Å². The van der Waals surface area contributed by atoms with Crippen molar-refractivity contribution in [1.82, 2.24) is 15.5 Å². The van der Waals surface area contributed by atoms with Crippen LogP contribution in [0.15, 0.2) is 60.1 Å². The predicted molar refractivity (Wildman–Crippen MR) is 93.1 cm³/mol. The maximum atomic E-state index is 13.7. The molecule has 8 heteroatoms. The zero-order chi connectivity index (χ0) is 17.5. The number of halogens is 1. The highest BCUT2D eigenvalue weighted by molar-refractivity contribution is 7.13. The number of carbonyl (C=O) groups excluding carboxylic acids is 1. The van der Waals surface area contributed by atoms with Crippen molar-refractivity contribution >= 4 is 22.5 Å². The molecule has 0 aliphatic heterocycles. The van der Waals surface area contributed by atoms with Crippen molar-refractivity contribution in [2.75, 3.05) is 11.9 Å². The van der Waals surface area contributed by atoms with Crippen LogP contribution in [-0.4, -0.2) is 22.8 Å². The highest BCUT2D eigenvalue weighted by Crippen LogP contribution is 2.19. The summed E-state index contributed by atoms with van der Waals surface area (Å²) in [5.74, 6) is -0.317. The van der Waals surface area contributed by atoms with Crippen LogP contribution in [0.1, 0.15) is 11.6 Å². The molecule has 2 amide bonds. The average molecular weight is 358 g/mol. The highest BCUT2D eigenvalue weighted by Gasteiger charge is 2.17. The number of amides is 2. The van der Waals surface area contributed by atoms with Crippen molar-refractivity contribution in [3.8, 4) is 5.75 Å². The first kappa shape index (κ1) is 16.8. The van der Waals surface area contributed by atoms with E-state index in [1.807, 2.05) is 30.3 Å². The van der Waals surface area contributed by atoms with Crippen molar-refractivity contribution in [3.63, 3.8) is 0 Å². The van der Waals surface area contributed by atoms with Gasteiger partial charge in [-0.1, -0.05) is 53.8 Å². The van der Waals surface area contributed by atoms with Gasteiger partial charge in [0.05, 0.1) is 6.04 Å². The van der Waals surface area contributed by atoms with Gasteiger partial charge in [-0.25, -0.2) is 9.18 Å². The van der Waals surface area contributed by atoms with Crippen molar-refractivity contribution < 1.29 is 13.9 Å². The molecule has 0 radical (unpaired) electrons. The first-order chi connectivity index (χ1) is 12.2. The number of rotatable bonds is 6. The molecule has 3 aromatic rings. The number of hydrogen-bond acceptors (Lipinski definition) is 5. The minimum absolute atomic E-state index is 0.0779. The van der Waals surface area contributed by atoms with Gasteiger partial charge in [-0.2, -0.15) is 0 Å². The molecule has 0 aliphatic rings. The average Bonchev–Trinajstić information content (AvgIpc) is 3.13. The predicted octanol–water partition coefficient (Wildman–Crippen LogP) is 3.62. The molecule has 1 aromatic heterocycles. The molecular weight excluding hydrogens is 343 g/mol. The first-order valence-corrected chi connectivity index (χ1v) is 8.36. The Morgan fingerprint density at radius 1 is 1.16 bits per heavy atom. The van der Waals surface area contributed by atoms with Crippen LogP contribution < -0.4 is 15.4 Å². The number of nitrogens with one attached hydrogen (secondary N) is 2. The quantitative estimate of drug-likeness (QED) is 0.706. The molecular formula is C17H15FN4O2S. The maximum Gasteiger partial charge on any atom is 0.321 e. The van der Waals surface area contributed by atoms with Gasteiger partial charge < -0.3 is 10.1 Å². The third-order valence-electron chi connectivity index (χ3n) is 3.33. The Bertz CT molecular complexity index is 815. The second kappa shape index (κ2) is 8.20. The van der Waals surface area contributed by atoms with Gasteiger partial charge in [0.2, 0.25) is 5.13 Å². The van der Waals surface area contributed by atoms with Crippen LogP contribution in [0.2, 0.25) is 0 Å². The topological polar surface area (TPSA) is 76.1 Å². The summed E-state index contributed by atoms with van der Waals surface area (Å²) in [6, 6.07) is 14.5. The molecule has 25 heavy (non-hydrogen) atoms. The zero-order valence-electron chi connectivity index (χ0n) is 13.1. The van der Waals surface area contributed by atoms with E-state index < -0.39 is 17.9 Å². The van der Waals surface area contributed by atoms with Crippen LogP contribution in [0.3, 0.4) is 0 Å². The van der Waals surface area contributed by atoms with Crippen LogP contribution in [-0.2, 0) is 0 Å². The van der Waals surface area contributed by atoms with E-state index in [2.05, 4.69) is 20.8 Å². The Kier molecular flexibility index (Phi) is 5.53. The van der Waals surface area contributed by atoms with Gasteiger partial charge >= 0.3 is 6.03 Å². The Hall–Kier alpha value is -3.00. The van der Waals surface area contributed by atoms with Crippen molar-refractivity contribution in [2.24, 2.45) is 0 Å². The number of benzene rings is 2. The Morgan fingerprint density at radius 2 is 1.92 bits per heavy atom. The maximum absolute atomic E-state index is 13.7. The number of nitrogens with zero attached hydrogens (tertiary/aromatic N) is 2. The van der Waals surface area contributed by atoms with Crippen molar-refractivity contribution in [2.45, 2.75) is 6.04 Å². The molecule has 3 rings (SSSR count). The lowest BCUT2D eigenvalue weighted by atomic mass is 10.1. The van der Waals surface area contributed by atoms with Crippen molar-refractivity contribution in [1.29, 1.82) is 0 Å². The summed E-state index contributed by atoms with van der Waals surface area (Å²) in [6.45, 7) is 0.0779. The molecule has 2 N–H and O–H groups in total. The summed E-state index contributed by atoms with van der Waals surface area (Å²) < 4.78 is 19.3. The summed E-state index contributed by atoms with van der Waals surface area (Å²) in [6.07, 6.45) is 0. The van der Waals surface area contributed by atoms with Gasteiger partial charge in [0.1, 0.15) is 12.1 Å². The second-order valence-corrected chi connectivity index (χ2v) is 5.88. The van der Waals surface area contributed by atoms with Crippen LogP contribution in [0.4, 0.5) is 14.3 Å². The smallest absolute Gasteiger partial charge is 0.321 e. The molecule has 2 aromatic carbocycles. The van der Waals surface area contributed by atoms with E-state index in [-0.39, 0.29) is 12.4 Å². The third kappa shape index (κ3) is 4.74. The fourth-order valence-electron chi connectivity index (χ4n) is 2.16. The molecule has 1 heterocycles. The van der Waals surface area contributed by atoms with Crippen molar-refractivity contribution in [3.05, 3.63) is 71.5 Å². The van der Waals surface area contributed by atoms with Crippen LogP contribution >= 0.6 is 11.3 Å². The van der Waals surface area contributed by atoms with E-state index in [1.54, 1.807) is 18.2 Å². The number of carbonyl (C=O) groups is 1. The van der Waals surface area contributed by atoms with E-state index in [1.165, 1.54) is 22.9 Å². The summed E-state index contributed by atoms with van der Waals surface area (Å²) in [4.78, 5) is 12.2. The molecule has 0 aliphatic carbocycles. The zero-order valence-corrected chi connectivity index (χ0v) is 13.9. The first-order valence-electron chi connectivity index (χ1n) is 7.48. The fraction of sp³-hybridized carbons (Fsp3) is 0.118. The van der Waals surface area contributed by atoms with E-state index in [0.717, 1.165) is 5.56 Å². The Morgan fingerprint density at radius 3 is 2.64 bits per heavy atom. The SMILES string of the molecule is O=C(Nc1nncs1)NC(COc1ccccc1F)c1ccccc1. The summed E-state index contributed by atoms with van der Waals surface area (Å²) >= 11 is 1.21. The van der Waals surface area contributed by atoms with Gasteiger partial charge in [-0.3, -0.25) is 5.32 Å². The lowest BCUT2D eigenvalue weighted by Crippen LogP contribution is -2.35. The molecule has 1 atom stereocenters. The number of anilines is 1. The molecule has 0 spiro atoms. The molecule has 0 bridgehead atoms. The summed E-state index contributed by atoms with van der Waals surface area (Å²) in [5.41, 5.74) is 2.36. The number of ether oxygens (including phenoxy) is 1. The summed E-state index contributed by atoms with van der Waals surface area (Å²) in [7, 11) is 0. The second-order valence-electron chi connectivity index (χ2n) is 5.05. The monoisotopic (exact) mass is 358 g/mol. The lowest BCUT2D eigenvalue weighted by Gasteiger charge is -2.20. The van der Waals surface area contributed by atoms with Gasteiger partial charge in [0.25, 0.3) is 0 Å². The summed E-state index contributed by atoms with van der Waals surface area (Å²) in [5, 5.41) is 13.2. The fourth-order valence-corrected chi connectivity index (χ4v) is 2.60. The lowest BCUT2D eigenvalue weighted by molar-refractivity contribution is 0.231. The molecule has 6 nitrogen and oxygen atoms in total. The Labute approximate surface area is 147 Å². The highest BCUT2D eigenvalue weighted by atomic mass is 32.1. The Balaban J connectivity index is 1.69. The van der Waals surface area contributed by atoms with Gasteiger partial charge in [0.15, 0.2) is 11.6 Å². The van der Waals surface area contributed by atoms with Gasteiger partial charge in [-0.05, 0) is 17.7 Å². The van der Waals surface area contributed by atoms with E-state index in [0.29, 0.717) is 5.13 Å². The molecule has 0 saturated carbocycles. The largest absolute Gasteiger partial charge is 0.488 e. The number of hydrogen-bond donors (Lipinski definition) is 2. The van der Waals surface area contributed by atoms with Gasteiger partial charge in [-0.15, -0.1) is 10.2 Å². The molecule has 128 valence electrons. The molecule has 1 unspecified atom stereocenters. The van der Waals surface area contributed by atoms with E-state index in [4.69, 9.17) is 4.74 Å². The third-order valence-corrected chi connectivity index (χ3v) is 3.94. The van der Waals surface area contributed by atoms with Crippen LogP contribution in [0.25, 0.3) is 0 Å². The van der Waals surface area contributed by atoms with Gasteiger partial charge in [0, 0.05) is 0 Å². The number of para-hydroxylation sites is 1. The van der Waals surface area contributed by atoms with Crippen LogP contribution in [0.5, 0.6) is 5.75 Å². The standard InChI is InChI=1S/C17H15FN4O2S/c18-13-8-4-5-9-15(13)24-10-14(12-6-2-1-3-7-12)20-16(23)21-17-22-19-11-25-17/h1-9,11,14H,10H2,(H2,20,21,22,23). The minimum Gasteiger partial charge on any atom is -0.488 e. The van der Waals surface area contributed by atoms with E-state index >= 15 is 0 Å². The number of aromatic nitrogens is 2. The molecule has 0 saturated heterocycles. The molecule has 0 fully saturated rings.